The summed E-state index contributed by atoms with van der Waals surface area (Å²) in [6.45, 7) is 0. The number of ether oxygens (including phenoxy) is 1. The predicted molar refractivity (Wildman–Crippen MR) is 68.7 cm³/mol. The second-order valence-corrected chi connectivity index (χ2v) is 8.23. The van der Waals surface area contributed by atoms with Crippen molar-refractivity contribution in [2.45, 2.75) is 4.34 Å². The summed E-state index contributed by atoms with van der Waals surface area (Å²) in [4.78, 5) is 3.50. The highest BCUT2D eigenvalue weighted by Gasteiger charge is 2.29. The third kappa shape index (κ3) is 3.08. The van der Waals surface area contributed by atoms with Gasteiger partial charge in [0.15, 0.2) is 11.7 Å². The van der Waals surface area contributed by atoms with Gasteiger partial charge in [-0.25, -0.2) is 26.6 Å². The quantitative estimate of drug-likeness (QED) is 0.429. The van der Waals surface area contributed by atoms with E-state index in [4.69, 9.17) is 0 Å². The van der Waals surface area contributed by atoms with Crippen LogP contribution in [0.2, 0.25) is 0 Å². The predicted octanol–water partition coefficient (Wildman–Crippen LogP) is 3.41. The van der Waals surface area contributed by atoms with Crippen LogP contribution in [-0.4, -0.2) is 19.3 Å². The highest BCUT2D eigenvalue weighted by Crippen LogP contribution is 2.30. The number of rotatable bonds is 4. The van der Waals surface area contributed by atoms with Crippen LogP contribution in [0.15, 0.2) is 14.3 Å². The van der Waals surface area contributed by atoms with Crippen LogP contribution >= 0.6 is 27.3 Å². The summed E-state index contributed by atoms with van der Waals surface area (Å²) in [6.07, 6.45) is 1.16. The molecule has 12 heteroatoms. The number of halogens is 6. The number of hydrogen-bond acceptors (Lipinski definition) is 5. The van der Waals surface area contributed by atoms with E-state index in [0.29, 0.717) is 15.1 Å². The van der Waals surface area contributed by atoms with Gasteiger partial charge in [-0.2, -0.15) is 8.78 Å². The maximum Gasteiger partial charge on any atom is 0.240 e. The van der Waals surface area contributed by atoms with E-state index < -0.39 is 55.0 Å². The fourth-order valence-electron chi connectivity index (χ4n) is 1.28. The number of thiazole rings is 1. The van der Waals surface area contributed by atoms with E-state index in [-0.39, 0.29) is 0 Å². The zero-order valence-corrected chi connectivity index (χ0v) is 13.3. The number of sulfone groups is 1. The third-order valence-corrected chi connectivity index (χ3v) is 5.60. The van der Waals surface area contributed by atoms with Crippen molar-refractivity contribution in [3.05, 3.63) is 39.1 Å². The van der Waals surface area contributed by atoms with Crippen molar-refractivity contribution < 1.29 is 35.1 Å². The Balaban J connectivity index is 2.33. The molecule has 120 valence electrons. The molecule has 2 rings (SSSR count). The van der Waals surface area contributed by atoms with Gasteiger partial charge < -0.3 is 4.74 Å². The molecule has 0 aliphatic heterocycles. The molecule has 0 atom stereocenters. The fraction of sp³-hybridized carbons (Fsp3) is 0.100. The Morgan fingerprint density at radius 3 is 2.00 bits per heavy atom. The summed E-state index contributed by atoms with van der Waals surface area (Å²) in [6, 6.07) is 0. The van der Waals surface area contributed by atoms with E-state index in [9.17, 15) is 30.4 Å². The van der Waals surface area contributed by atoms with E-state index in [2.05, 4.69) is 25.7 Å². The molecule has 2 aromatic rings. The molecule has 0 amide bonds. The molecule has 1 aromatic heterocycles. The van der Waals surface area contributed by atoms with E-state index in [1.807, 2.05) is 0 Å². The molecule has 4 nitrogen and oxygen atoms in total. The Bertz CT molecular complexity index is 810. The highest BCUT2D eigenvalue weighted by atomic mass is 79.9. The summed E-state index contributed by atoms with van der Waals surface area (Å²) < 4.78 is 93.1. The summed E-state index contributed by atoms with van der Waals surface area (Å²) in [5.74, 6) is -14.4. The molecule has 1 aromatic carbocycles. The molecule has 22 heavy (non-hydrogen) atoms. The molecule has 0 bridgehead atoms. The Morgan fingerprint density at radius 1 is 1.05 bits per heavy atom. The SMILES string of the molecule is O=S(=O)(COc1c(F)c(F)c(F)c(F)c1F)c1ncc(Br)s1. The number of benzene rings is 1. The lowest BCUT2D eigenvalue weighted by atomic mass is 10.3. The molecular formula is C10H3BrF5NO3S2. The first kappa shape index (κ1) is 17.1. The van der Waals surface area contributed by atoms with Crippen LogP contribution in [0.5, 0.6) is 5.75 Å². The average Bonchev–Trinajstić information content (AvgIpc) is 2.90. The van der Waals surface area contributed by atoms with Crippen molar-refractivity contribution in [3.8, 4) is 5.75 Å². The van der Waals surface area contributed by atoms with Crippen LogP contribution in [0.1, 0.15) is 0 Å². The fourth-order valence-corrected chi connectivity index (χ4v) is 4.05. The van der Waals surface area contributed by atoms with E-state index in [1.165, 1.54) is 0 Å². The van der Waals surface area contributed by atoms with Crippen LogP contribution in [0.4, 0.5) is 22.0 Å². The van der Waals surface area contributed by atoms with Gasteiger partial charge in [-0.05, 0) is 15.9 Å². The average molecular weight is 424 g/mol. The van der Waals surface area contributed by atoms with Crippen LogP contribution in [0.25, 0.3) is 0 Å². The molecule has 0 radical (unpaired) electrons. The van der Waals surface area contributed by atoms with Crippen molar-refractivity contribution in [2.24, 2.45) is 0 Å². The van der Waals surface area contributed by atoms with Gasteiger partial charge in [0.2, 0.25) is 43.3 Å². The van der Waals surface area contributed by atoms with Gasteiger partial charge in [-0.3, -0.25) is 0 Å². The molecule has 0 fully saturated rings. The van der Waals surface area contributed by atoms with Crippen molar-refractivity contribution in [1.82, 2.24) is 4.98 Å². The lowest BCUT2D eigenvalue weighted by Crippen LogP contribution is -2.15. The molecule has 0 aliphatic rings. The maximum absolute atomic E-state index is 13.3. The minimum absolute atomic E-state index is 0.363. The standard InChI is InChI=1S/C10H3BrF5NO3S2/c11-3-1-17-10(21-3)22(18,19)2-20-9-7(15)5(13)4(12)6(14)8(9)16/h1H,2H2. The minimum Gasteiger partial charge on any atom is -0.471 e. The van der Waals surface area contributed by atoms with Gasteiger partial charge in [0, 0.05) is 0 Å². The van der Waals surface area contributed by atoms with Crippen molar-refractivity contribution in [1.29, 1.82) is 0 Å². The Hall–Kier alpha value is -1.27. The van der Waals surface area contributed by atoms with Crippen LogP contribution < -0.4 is 4.74 Å². The van der Waals surface area contributed by atoms with E-state index in [0.717, 1.165) is 6.20 Å². The van der Waals surface area contributed by atoms with Gasteiger partial charge >= 0.3 is 0 Å². The summed E-state index contributed by atoms with van der Waals surface area (Å²) in [5.41, 5.74) is 0. The Morgan fingerprint density at radius 2 is 1.55 bits per heavy atom. The smallest absolute Gasteiger partial charge is 0.240 e. The molecule has 0 saturated heterocycles. The minimum atomic E-state index is -4.22. The van der Waals surface area contributed by atoms with Crippen LogP contribution in [-0.2, 0) is 9.84 Å². The van der Waals surface area contributed by atoms with Crippen LogP contribution in [0, 0.1) is 29.1 Å². The lowest BCUT2D eigenvalue weighted by Gasteiger charge is -2.09. The summed E-state index contributed by atoms with van der Waals surface area (Å²) in [5, 5.41) is 0. The number of hydrogen-bond donors (Lipinski definition) is 0. The van der Waals surface area contributed by atoms with Crippen molar-refractivity contribution in [3.63, 3.8) is 0 Å². The zero-order valence-electron chi connectivity index (χ0n) is 10.0. The second kappa shape index (κ2) is 6.08. The van der Waals surface area contributed by atoms with Gasteiger partial charge in [0.25, 0.3) is 0 Å². The Kier molecular flexibility index (Phi) is 4.73. The van der Waals surface area contributed by atoms with E-state index in [1.54, 1.807) is 0 Å². The van der Waals surface area contributed by atoms with E-state index >= 15 is 0 Å². The molecule has 0 aliphatic carbocycles. The van der Waals surface area contributed by atoms with Crippen molar-refractivity contribution in [2.75, 3.05) is 5.94 Å². The largest absolute Gasteiger partial charge is 0.471 e. The molecular weight excluding hydrogens is 421 g/mol. The highest BCUT2D eigenvalue weighted by molar-refractivity contribution is 9.11. The Labute approximate surface area is 132 Å². The number of nitrogens with zero attached hydrogens (tertiary/aromatic N) is 1. The lowest BCUT2D eigenvalue weighted by molar-refractivity contribution is 0.296. The summed E-state index contributed by atoms with van der Waals surface area (Å²) in [7, 11) is -4.22. The first-order chi connectivity index (χ1) is 10.1. The van der Waals surface area contributed by atoms with Crippen LogP contribution in [0.3, 0.4) is 0 Å². The molecule has 0 saturated carbocycles. The van der Waals surface area contributed by atoms with Gasteiger partial charge in [-0.1, -0.05) is 11.3 Å². The third-order valence-electron chi connectivity index (χ3n) is 2.25. The van der Waals surface area contributed by atoms with Gasteiger partial charge in [0.05, 0.1) is 9.98 Å². The van der Waals surface area contributed by atoms with Crippen molar-refractivity contribution >= 4 is 37.1 Å². The molecule has 0 spiro atoms. The van der Waals surface area contributed by atoms with Gasteiger partial charge in [-0.15, -0.1) is 0 Å². The molecule has 0 unspecified atom stereocenters. The van der Waals surface area contributed by atoms with Gasteiger partial charge in [0.1, 0.15) is 0 Å². The maximum atomic E-state index is 13.3. The first-order valence-electron chi connectivity index (χ1n) is 5.13. The monoisotopic (exact) mass is 423 g/mol. The molecule has 1 heterocycles. The normalized spacial score (nSPS) is 11.7. The topological polar surface area (TPSA) is 56.3 Å². The number of aromatic nitrogens is 1. The molecule has 0 N–H and O–H groups in total. The first-order valence-corrected chi connectivity index (χ1v) is 8.39. The second-order valence-electron chi connectivity index (χ2n) is 3.71. The summed E-state index contributed by atoms with van der Waals surface area (Å²) >= 11 is 3.65. The zero-order chi connectivity index (χ0) is 16.7.